The molecule has 0 rings (SSSR count). The second-order valence-electron chi connectivity index (χ2n) is 4.00. The van der Waals surface area contributed by atoms with Crippen molar-refractivity contribution in [3.05, 3.63) is 0 Å². The molecule has 0 N–H and O–H groups in total. The smallest absolute Gasteiger partial charge is 0.374 e. The van der Waals surface area contributed by atoms with Crippen molar-refractivity contribution >= 4 is 31.5 Å². The normalized spacial score (nSPS) is 11.6. The maximum Gasteiger partial charge on any atom is 0.500 e. The molecular weight excluding hydrogens is 296 g/mol. The fraction of sp³-hybridized carbons (Fsp3) is 0.846. The van der Waals surface area contributed by atoms with E-state index in [9.17, 15) is 9.59 Å². The second-order valence-corrected chi connectivity index (χ2v) is 7.80. The summed E-state index contributed by atoms with van der Waals surface area (Å²) in [6, 6.07) is 0.670. The van der Waals surface area contributed by atoms with Crippen molar-refractivity contribution in [2.45, 2.75) is 46.6 Å². The zero-order valence-electron chi connectivity index (χ0n) is 12.9. The van der Waals surface area contributed by atoms with Crippen molar-refractivity contribution in [2.24, 2.45) is 0 Å². The number of Topliss-reactive ketones (excluding diaryl/α,β-unsaturated/α-hetero) is 1. The number of hydrogen-bond donors (Lipinski definition) is 0. The van der Waals surface area contributed by atoms with Gasteiger partial charge in [-0.25, -0.2) is 0 Å². The second kappa shape index (κ2) is 11.4. The minimum Gasteiger partial charge on any atom is -0.374 e. The molecule has 0 radical (unpaired) electrons. The molecule has 0 heterocycles. The maximum absolute atomic E-state index is 11.4. The van der Waals surface area contributed by atoms with Crippen LogP contribution in [0.4, 0.5) is 0 Å². The molecule has 0 aromatic rings. The zero-order chi connectivity index (χ0) is 15.4. The number of rotatable bonds is 12. The molecule has 0 fully saturated rings. The lowest BCUT2D eigenvalue weighted by molar-refractivity contribution is -0.131. The van der Waals surface area contributed by atoms with E-state index in [0.29, 0.717) is 31.6 Å². The Hall–Kier alpha value is -0.213. The molecule has 0 unspecified atom stereocenters. The lowest BCUT2D eigenvalue weighted by atomic mass is 10.3. The van der Waals surface area contributed by atoms with E-state index in [1.165, 1.54) is 0 Å². The molecule has 0 aromatic heterocycles. The third-order valence-electron chi connectivity index (χ3n) is 2.50. The van der Waals surface area contributed by atoms with Gasteiger partial charge in [-0.15, -0.1) is 0 Å². The molecule has 0 amide bonds. The van der Waals surface area contributed by atoms with Crippen LogP contribution < -0.4 is 0 Å². The molecule has 7 heteroatoms. The van der Waals surface area contributed by atoms with Gasteiger partial charge in [0.05, 0.1) is 0 Å². The Morgan fingerprint density at radius 1 is 0.950 bits per heavy atom. The first-order chi connectivity index (χ1) is 9.55. The molecule has 5 nitrogen and oxygen atoms in total. The molecule has 0 bridgehead atoms. The van der Waals surface area contributed by atoms with Crippen molar-refractivity contribution in [1.82, 2.24) is 0 Å². The molecule has 0 atom stereocenters. The van der Waals surface area contributed by atoms with Gasteiger partial charge in [-0.05, 0) is 27.2 Å². The summed E-state index contributed by atoms with van der Waals surface area (Å²) < 4.78 is 17.2. The van der Waals surface area contributed by atoms with E-state index >= 15 is 0 Å². The molecule has 118 valence electrons. The van der Waals surface area contributed by atoms with Gasteiger partial charge in [0.2, 0.25) is 5.78 Å². The van der Waals surface area contributed by atoms with E-state index in [-0.39, 0.29) is 17.3 Å². The molecule has 0 aliphatic carbocycles. The Morgan fingerprint density at radius 3 is 1.85 bits per heavy atom. The Morgan fingerprint density at radius 2 is 1.45 bits per heavy atom. The van der Waals surface area contributed by atoms with Crippen molar-refractivity contribution < 1.29 is 22.9 Å². The average molecular weight is 322 g/mol. The summed E-state index contributed by atoms with van der Waals surface area (Å²) in [7, 11) is -2.61. The summed E-state index contributed by atoms with van der Waals surface area (Å²) in [5.41, 5.74) is 0. The van der Waals surface area contributed by atoms with Crippen LogP contribution in [0.1, 0.15) is 40.5 Å². The Bertz CT molecular complexity index is 281. The number of carbonyl (C=O) groups is 2. The quantitative estimate of drug-likeness (QED) is 0.313. The highest BCUT2D eigenvalue weighted by molar-refractivity contribution is 8.15. The van der Waals surface area contributed by atoms with Gasteiger partial charge < -0.3 is 13.3 Å². The first kappa shape index (κ1) is 19.8. The van der Waals surface area contributed by atoms with Crippen LogP contribution in [0.5, 0.6) is 0 Å². The SMILES string of the molecule is CCO[Si](CCCSC(=O)C(=O)CC)(OCC)OCC. The number of ketones is 1. The van der Waals surface area contributed by atoms with Gasteiger partial charge >= 0.3 is 8.80 Å². The van der Waals surface area contributed by atoms with Crippen LogP contribution in [0.15, 0.2) is 0 Å². The van der Waals surface area contributed by atoms with Crippen molar-refractivity contribution in [1.29, 1.82) is 0 Å². The molecule has 0 aliphatic heterocycles. The lowest BCUT2D eigenvalue weighted by Crippen LogP contribution is -2.46. The maximum atomic E-state index is 11.4. The summed E-state index contributed by atoms with van der Waals surface area (Å²) in [6.45, 7) is 9.08. The topological polar surface area (TPSA) is 61.8 Å². The minimum atomic E-state index is -2.61. The number of hydrogen-bond acceptors (Lipinski definition) is 6. The van der Waals surface area contributed by atoms with Crippen LogP contribution in [0.2, 0.25) is 6.04 Å². The van der Waals surface area contributed by atoms with Crippen LogP contribution >= 0.6 is 11.8 Å². The average Bonchev–Trinajstić information content (AvgIpc) is 2.43. The number of thioether (sulfide) groups is 1. The van der Waals surface area contributed by atoms with E-state index in [2.05, 4.69) is 0 Å². The van der Waals surface area contributed by atoms with E-state index < -0.39 is 8.80 Å². The number of carbonyl (C=O) groups excluding carboxylic acids is 2. The lowest BCUT2D eigenvalue weighted by Gasteiger charge is -2.28. The molecule has 0 spiro atoms. The van der Waals surface area contributed by atoms with E-state index in [4.69, 9.17) is 13.3 Å². The summed E-state index contributed by atoms with van der Waals surface area (Å²) in [5, 5.41) is -0.357. The van der Waals surface area contributed by atoms with Gasteiger partial charge in [0.1, 0.15) is 0 Å². The van der Waals surface area contributed by atoms with Crippen molar-refractivity contribution in [3.63, 3.8) is 0 Å². The molecule has 20 heavy (non-hydrogen) atoms. The summed E-state index contributed by atoms with van der Waals surface area (Å²) in [6.07, 6.45) is 1.00. The van der Waals surface area contributed by atoms with Crippen LogP contribution in [-0.2, 0) is 22.9 Å². The van der Waals surface area contributed by atoms with Crippen molar-refractivity contribution in [3.8, 4) is 0 Å². The minimum absolute atomic E-state index is 0.265. The molecule has 0 saturated carbocycles. The van der Waals surface area contributed by atoms with E-state index in [1.54, 1.807) is 6.92 Å². The van der Waals surface area contributed by atoms with Gasteiger partial charge in [-0.3, -0.25) is 9.59 Å². The largest absolute Gasteiger partial charge is 0.500 e. The predicted molar refractivity (Wildman–Crippen MR) is 82.8 cm³/mol. The fourth-order valence-electron chi connectivity index (χ4n) is 1.68. The van der Waals surface area contributed by atoms with Crippen LogP contribution in [0, 0.1) is 0 Å². The zero-order valence-corrected chi connectivity index (χ0v) is 14.7. The summed E-state index contributed by atoms with van der Waals surface area (Å²) in [4.78, 5) is 22.6. The first-order valence-corrected chi connectivity index (χ1v) is 10.1. The van der Waals surface area contributed by atoms with Crippen molar-refractivity contribution in [2.75, 3.05) is 25.6 Å². The van der Waals surface area contributed by atoms with Gasteiger partial charge in [0.25, 0.3) is 5.12 Å². The highest BCUT2D eigenvalue weighted by atomic mass is 32.2. The summed E-state index contributed by atoms with van der Waals surface area (Å²) >= 11 is 1.07. The molecule has 0 aromatic carbocycles. The molecular formula is C13H26O5SSi. The Labute approximate surface area is 127 Å². The molecule has 0 aliphatic rings. The van der Waals surface area contributed by atoms with Gasteiger partial charge in [-0.1, -0.05) is 18.7 Å². The van der Waals surface area contributed by atoms with Crippen LogP contribution in [-0.4, -0.2) is 45.3 Å². The molecule has 0 saturated heterocycles. The van der Waals surface area contributed by atoms with E-state index in [0.717, 1.165) is 18.2 Å². The third kappa shape index (κ3) is 7.54. The Balaban J connectivity index is 4.25. The van der Waals surface area contributed by atoms with Crippen LogP contribution in [0.3, 0.4) is 0 Å². The highest BCUT2D eigenvalue weighted by Crippen LogP contribution is 2.20. The third-order valence-corrected chi connectivity index (χ3v) is 6.64. The van der Waals surface area contributed by atoms with Gasteiger partial charge in [0, 0.05) is 38.0 Å². The first-order valence-electron chi connectivity index (χ1n) is 7.16. The van der Waals surface area contributed by atoms with Gasteiger partial charge in [0.15, 0.2) is 0 Å². The highest BCUT2D eigenvalue weighted by Gasteiger charge is 2.39. The predicted octanol–water partition coefficient (Wildman–Crippen LogP) is 2.66. The van der Waals surface area contributed by atoms with Gasteiger partial charge in [-0.2, -0.15) is 0 Å². The fourth-order valence-corrected chi connectivity index (χ4v) is 5.33. The van der Waals surface area contributed by atoms with E-state index in [1.807, 2.05) is 20.8 Å². The monoisotopic (exact) mass is 322 g/mol. The Kier molecular flexibility index (Phi) is 11.3. The van der Waals surface area contributed by atoms with Crippen LogP contribution in [0.25, 0.3) is 0 Å². The summed E-state index contributed by atoms with van der Waals surface area (Å²) in [5.74, 6) is 0.268. The standard InChI is InChI=1S/C13H26O5SSi/c1-5-12(14)13(15)19-10-9-11-20(16-6-2,17-7-3)18-8-4/h5-11H2,1-4H3.